The number of nitrogens with zero attached hydrogens (tertiary/aromatic N) is 3. The van der Waals surface area contributed by atoms with Crippen LogP contribution in [0.1, 0.15) is 11.8 Å². The Morgan fingerprint density at radius 1 is 1.11 bits per heavy atom. The van der Waals surface area contributed by atoms with E-state index < -0.39 is 24.9 Å². The van der Waals surface area contributed by atoms with Gasteiger partial charge >= 0.3 is 0 Å². The smallest absolute Gasteiger partial charge is 0.157 e. The van der Waals surface area contributed by atoms with E-state index in [2.05, 4.69) is 19.9 Å². The Bertz CT molecular complexity index is 518. The molecule has 3 atom stereocenters. The first-order chi connectivity index (χ1) is 9.13. The highest BCUT2D eigenvalue weighted by molar-refractivity contribution is 5.47. The lowest BCUT2D eigenvalue weighted by molar-refractivity contribution is -0.0788. The fourth-order valence-corrected chi connectivity index (χ4v) is 1.54. The molecule has 0 unspecified atom stereocenters. The minimum absolute atomic E-state index is 0.209. The van der Waals surface area contributed by atoms with E-state index in [1.54, 1.807) is 0 Å². The highest BCUT2D eigenvalue weighted by atomic mass is 16.4. The van der Waals surface area contributed by atoms with Crippen molar-refractivity contribution in [2.75, 3.05) is 6.61 Å². The second-order valence-electron chi connectivity index (χ2n) is 3.96. The summed E-state index contributed by atoms with van der Waals surface area (Å²) in [5.74, 6) is 0.382. The van der Waals surface area contributed by atoms with Crippen molar-refractivity contribution in [3.63, 3.8) is 0 Å². The Kier molecular flexibility index (Phi) is 4.17. The summed E-state index contributed by atoms with van der Waals surface area (Å²) in [4.78, 5) is 14.7. The summed E-state index contributed by atoms with van der Waals surface area (Å²) < 4.78 is 0. The quantitative estimate of drug-likeness (QED) is 0.449. The van der Waals surface area contributed by atoms with Crippen LogP contribution in [0.2, 0.25) is 0 Å². The van der Waals surface area contributed by atoms with Gasteiger partial charge in [0.15, 0.2) is 5.82 Å². The Balaban J connectivity index is 2.17. The molecular weight excluding hydrogens is 252 g/mol. The van der Waals surface area contributed by atoms with Crippen molar-refractivity contribution in [2.45, 2.75) is 18.3 Å². The summed E-state index contributed by atoms with van der Waals surface area (Å²) in [6, 6.07) is 0. The van der Waals surface area contributed by atoms with Crippen molar-refractivity contribution in [3.8, 4) is 11.5 Å². The molecule has 0 amide bonds. The van der Waals surface area contributed by atoms with Gasteiger partial charge in [-0.25, -0.2) is 9.97 Å². The first-order valence-corrected chi connectivity index (χ1v) is 5.60. The van der Waals surface area contributed by atoms with Crippen LogP contribution in [0.15, 0.2) is 24.8 Å². The number of aromatic nitrogens is 4. The lowest BCUT2D eigenvalue weighted by atomic mass is 10.1. The van der Waals surface area contributed by atoms with Gasteiger partial charge in [-0.15, -0.1) is 0 Å². The Morgan fingerprint density at radius 2 is 1.89 bits per heavy atom. The molecule has 0 radical (unpaired) electrons. The van der Waals surface area contributed by atoms with Crippen LogP contribution in [0.4, 0.5) is 0 Å². The number of hydrogen-bond donors (Lipinski definition) is 5. The van der Waals surface area contributed by atoms with E-state index in [0.29, 0.717) is 11.5 Å². The number of aromatic amines is 1. The standard InChI is InChI=1S/C11H14N4O4/c16-5-8(17)10(19)9(18)6-4-14-11(15-6)7-3-12-1-2-13-7/h1-4,8-10,16-19H,5H2,(H,14,15)/t8-,9-,10-/m1/s1. The van der Waals surface area contributed by atoms with E-state index in [0.717, 1.165) is 0 Å². The molecular formula is C11H14N4O4. The fourth-order valence-electron chi connectivity index (χ4n) is 1.54. The van der Waals surface area contributed by atoms with Crippen LogP contribution in [-0.4, -0.2) is 59.2 Å². The van der Waals surface area contributed by atoms with Gasteiger partial charge in [-0.2, -0.15) is 0 Å². The first kappa shape index (κ1) is 13.6. The summed E-state index contributed by atoms with van der Waals surface area (Å²) >= 11 is 0. The van der Waals surface area contributed by atoms with Crippen molar-refractivity contribution in [1.29, 1.82) is 0 Å². The number of imidazole rings is 1. The third-order valence-corrected chi connectivity index (χ3v) is 2.62. The summed E-state index contributed by atoms with van der Waals surface area (Å²) in [5, 5.41) is 37.4. The molecule has 0 bridgehead atoms. The predicted molar refractivity (Wildman–Crippen MR) is 63.7 cm³/mol. The third-order valence-electron chi connectivity index (χ3n) is 2.62. The molecule has 102 valence electrons. The third kappa shape index (κ3) is 2.93. The van der Waals surface area contributed by atoms with Gasteiger partial charge in [-0.1, -0.05) is 0 Å². The van der Waals surface area contributed by atoms with Gasteiger partial charge < -0.3 is 25.4 Å². The molecule has 0 fully saturated rings. The van der Waals surface area contributed by atoms with Crippen molar-refractivity contribution in [1.82, 2.24) is 19.9 Å². The average molecular weight is 266 g/mol. The van der Waals surface area contributed by atoms with Gasteiger partial charge in [-0.3, -0.25) is 4.98 Å². The molecule has 8 nitrogen and oxygen atoms in total. The lowest BCUT2D eigenvalue weighted by Crippen LogP contribution is -2.34. The normalized spacial score (nSPS) is 16.0. The number of rotatable bonds is 5. The maximum absolute atomic E-state index is 9.82. The molecule has 19 heavy (non-hydrogen) atoms. The largest absolute Gasteiger partial charge is 0.394 e. The maximum Gasteiger partial charge on any atom is 0.157 e. The highest BCUT2D eigenvalue weighted by Crippen LogP contribution is 2.20. The Labute approximate surface area is 108 Å². The second-order valence-corrected chi connectivity index (χ2v) is 3.96. The fraction of sp³-hybridized carbons (Fsp3) is 0.364. The number of nitrogens with one attached hydrogen (secondary N) is 1. The molecule has 2 rings (SSSR count). The molecule has 0 aromatic carbocycles. The van der Waals surface area contributed by atoms with Crippen molar-refractivity contribution >= 4 is 0 Å². The minimum atomic E-state index is -1.51. The van der Waals surface area contributed by atoms with Gasteiger partial charge in [0.1, 0.15) is 24.0 Å². The van der Waals surface area contributed by atoms with Crippen LogP contribution < -0.4 is 0 Å². The molecule has 0 aliphatic heterocycles. The van der Waals surface area contributed by atoms with E-state index >= 15 is 0 Å². The monoisotopic (exact) mass is 266 g/mol. The summed E-state index contributed by atoms with van der Waals surface area (Å²) in [6.45, 7) is -0.649. The van der Waals surface area contributed by atoms with Crippen LogP contribution >= 0.6 is 0 Å². The first-order valence-electron chi connectivity index (χ1n) is 5.60. The number of hydrogen-bond acceptors (Lipinski definition) is 7. The number of aliphatic hydroxyl groups is 4. The molecule has 0 aliphatic carbocycles. The van der Waals surface area contributed by atoms with E-state index in [9.17, 15) is 15.3 Å². The molecule has 0 spiro atoms. The molecule has 0 saturated heterocycles. The zero-order valence-corrected chi connectivity index (χ0v) is 9.88. The molecule has 0 aliphatic rings. The van der Waals surface area contributed by atoms with Crippen molar-refractivity contribution < 1.29 is 20.4 Å². The molecule has 2 heterocycles. The molecule has 0 saturated carbocycles. The van der Waals surface area contributed by atoms with Crippen LogP contribution in [-0.2, 0) is 0 Å². The van der Waals surface area contributed by atoms with Gasteiger partial charge in [0.05, 0.1) is 24.7 Å². The lowest BCUT2D eigenvalue weighted by Gasteiger charge is -2.20. The Morgan fingerprint density at radius 3 is 2.53 bits per heavy atom. The zero-order chi connectivity index (χ0) is 13.8. The van der Waals surface area contributed by atoms with E-state index in [1.807, 2.05) is 0 Å². The van der Waals surface area contributed by atoms with Crippen LogP contribution in [0.5, 0.6) is 0 Å². The minimum Gasteiger partial charge on any atom is -0.394 e. The number of H-pyrrole nitrogens is 1. The average Bonchev–Trinajstić information content (AvgIpc) is 2.95. The SMILES string of the molecule is OC[C@@H](O)[C@@H](O)[C@H](O)c1cnc(-c2cnccn2)[nH]1. The topological polar surface area (TPSA) is 135 Å². The zero-order valence-electron chi connectivity index (χ0n) is 9.88. The summed E-state index contributed by atoms with van der Waals surface area (Å²) in [5.41, 5.74) is 0.693. The van der Waals surface area contributed by atoms with Crippen molar-refractivity contribution in [2.24, 2.45) is 0 Å². The predicted octanol–water partition coefficient (Wildman–Crippen LogP) is -1.39. The maximum atomic E-state index is 9.82. The van der Waals surface area contributed by atoms with Crippen molar-refractivity contribution in [3.05, 3.63) is 30.5 Å². The van der Waals surface area contributed by atoms with Gasteiger partial charge in [-0.05, 0) is 0 Å². The number of aliphatic hydroxyl groups excluding tert-OH is 4. The molecule has 2 aromatic rings. The van der Waals surface area contributed by atoms with Gasteiger partial charge in [0.25, 0.3) is 0 Å². The summed E-state index contributed by atoms with van der Waals surface area (Å²) in [7, 11) is 0. The van der Waals surface area contributed by atoms with E-state index in [-0.39, 0.29) is 5.69 Å². The highest BCUT2D eigenvalue weighted by Gasteiger charge is 2.27. The van der Waals surface area contributed by atoms with E-state index in [4.69, 9.17) is 5.11 Å². The second kappa shape index (κ2) is 5.85. The van der Waals surface area contributed by atoms with Gasteiger partial charge in [0.2, 0.25) is 0 Å². The Hall–Kier alpha value is -1.87. The van der Waals surface area contributed by atoms with E-state index in [1.165, 1.54) is 24.8 Å². The van der Waals surface area contributed by atoms with Gasteiger partial charge in [0, 0.05) is 12.4 Å². The summed E-state index contributed by atoms with van der Waals surface area (Å²) in [6.07, 6.45) is 1.50. The van der Waals surface area contributed by atoms with Crippen LogP contribution in [0.3, 0.4) is 0 Å². The molecule has 8 heteroatoms. The molecule has 2 aromatic heterocycles. The van der Waals surface area contributed by atoms with Crippen LogP contribution in [0.25, 0.3) is 11.5 Å². The molecule has 5 N–H and O–H groups in total. The van der Waals surface area contributed by atoms with Crippen LogP contribution in [0, 0.1) is 0 Å².